The van der Waals surface area contributed by atoms with Crippen LogP contribution in [0.1, 0.15) is 46.0 Å². The van der Waals surface area contributed by atoms with Gasteiger partial charge in [-0.1, -0.05) is 19.0 Å². The lowest BCUT2D eigenvalue weighted by Gasteiger charge is -2.41. The lowest BCUT2D eigenvalue weighted by atomic mass is 9.77. The van der Waals surface area contributed by atoms with Gasteiger partial charge in [-0.05, 0) is 38.6 Å². The monoisotopic (exact) mass is 243 g/mol. The number of nitrogens with one attached hydrogen (secondary N) is 1. The van der Waals surface area contributed by atoms with E-state index >= 15 is 0 Å². The Balaban J connectivity index is 2.24. The van der Waals surface area contributed by atoms with Crippen molar-refractivity contribution in [3.05, 3.63) is 0 Å². The number of rotatable bonds is 7. The van der Waals surface area contributed by atoms with Crippen LogP contribution in [0.25, 0.3) is 0 Å². The zero-order valence-corrected chi connectivity index (χ0v) is 10.9. The minimum absolute atomic E-state index is 0.0270. The average Bonchev–Trinajstić information content (AvgIpc) is 2.26. The van der Waals surface area contributed by atoms with E-state index in [2.05, 4.69) is 10.5 Å². The van der Waals surface area contributed by atoms with E-state index in [0.29, 0.717) is 0 Å². The van der Waals surface area contributed by atoms with Crippen molar-refractivity contribution in [2.75, 3.05) is 13.2 Å². The summed E-state index contributed by atoms with van der Waals surface area (Å²) < 4.78 is 0. The van der Waals surface area contributed by atoms with Gasteiger partial charge in [0.05, 0.1) is 6.61 Å². The van der Waals surface area contributed by atoms with E-state index in [0.717, 1.165) is 32.2 Å². The molecule has 0 amide bonds. The van der Waals surface area contributed by atoms with Crippen LogP contribution in [0.4, 0.5) is 0 Å². The van der Waals surface area contributed by atoms with Gasteiger partial charge in [0.15, 0.2) is 0 Å². The van der Waals surface area contributed by atoms with Gasteiger partial charge in [0.1, 0.15) is 5.84 Å². The molecular weight excluding hydrogens is 218 g/mol. The molecule has 0 aromatic heterocycles. The molecule has 1 rings (SSSR count). The normalized spacial score (nSPS) is 20.1. The Bertz CT molecular complexity index is 267. The number of nitrogens with two attached hydrogens (primary N) is 1. The van der Waals surface area contributed by atoms with Crippen molar-refractivity contribution in [2.45, 2.75) is 51.5 Å². The first-order chi connectivity index (χ1) is 7.96. The SMILES string of the molecule is CC(C)(CCCNC1(CO)CCC1)C(N)=NO. The molecule has 0 spiro atoms. The van der Waals surface area contributed by atoms with Crippen molar-refractivity contribution in [1.82, 2.24) is 5.32 Å². The molecule has 1 aliphatic carbocycles. The molecule has 5 nitrogen and oxygen atoms in total. The van der Waals surface area contributed by atoms with Gasteiger partial charge in [-0.15, -0.1) is 0 Å². The van der Waals surface area contributed by atoms with E-state index in [1.165, 1.54) is 6.42 Å². The molecular formula is C12H25N3O2. The van der Waals surface area contributed by atoms with Crippen LogP contribution in [0.15, 0.2) is 5.16 Å². The van der Waals surface area contributed by atoms with Crippen LogP contribution < -0.4 is 11.1 Å². The minimum Gasteiger partial charge on any atom is -0.409 e. The topological polar surface area (TPSA) is 90.9 Å². The van der Waals surface area contributed by atoms with Crippen LogP contribution >= 0.6 is 0 Å². The molecule has 5 heteroatoms. The van der Waals surface area contributed by atoms with Crippen molar-refractivity contribution in [1.29, 1.82) is 0 Å². The summed E-state index contributed by atoms with van der Waals surface area (Å²) in [7, 11) is 0. The smallest absolute Gasteiger partial charge is 0.144 e. The molecule has 5 N–H and O–H groups in total. The van der Waals surface area contributed by atoms with Crippen LogP contribution in [-0.4, -0.2) is 34.8 Å². The quantitative estimate of drug-likeness (QED) is 0.177. The summed E-state index contributed by atoms with van der Waals surface area (Å²) in [6.45, 7) is 5.01. The molecule has 0 saturated heterocycles. The van der Waals surface area contributed by atoms with Crippen molar-refractivity contribution in [3.8, 4) is 0 Å². The summed E-state index contributed by atoms with van der Waals surface area (Å²) in [5.41, 5.74) is 5.32. The molecule has 1 aliphatic rings. The van der Waals surface area contributed by atoms with Crippen LogP contribution in [0, 0.1) is 5.41 Å². The zero-order chi connectivity index (χ0) is 12.9. The number of nitrogens with zero attached hydrogens (tertiary/aromatic N) is 1. The first-order valence-corrected chi connectivity index (χ1v) is 6.30. The number of aliphatic hydroxyl groups excluding tert-OH is 1. The maximum Gasteiger partial charge on any atom is 0.144 e. The van der Waals surface area contributed by atoms with Gasteiger partial charge in [0, 0.05) is 11.0 Å². The maximum atomic E-state index is 9.29. The fourth-order valence-electron chi connectivity index (χ4n) is 2.14. The lowest BCUT2D eigenvalue weighted by Crippen LogP contribution is -2.54. The molecule has 0 bridgehead atoms. The first-order valence-electron chi connectivity index (χ1n) is 6.30. The Morgan fingerprint density at radius 2 is 2.12 bits per heavy atom. The fourth-order valence-corrected chi connectivity index (χ4v) is 2.14. The van der Waals surface area contributed by atoms with Crippen LogP contribution in [0.3, 0.4) is 0 Å². The minimum atomic E-state index is -0.275. The number of hydrogen-bond acceptors (Lipinski definition) is 4. The first kappa shape index (κ1) is 14.3. The highest BCUT2D eigenvalue weighted by molar-refractivity contribution is 5.85. The Morgan fingerprint density at radius 1 is 1.47 bits per heavy atom. The average molecular weight is 243 g/mol. The van der Waals surface area contributed by atoms with E-state index in [4.69, 9.17) is 10.9 Å². The maximum absolute atomic E-state index is 9.29. The second-order valence-electron chi connectivity index (χ2n) is 5.69. The van der Waals surface area contributed by atoms with Gasteiger partial charge in [-0.2, -0.15) is 0 Å². The summed E-state index contributed by atoms with van der Waals surface area (Å²) in [6.07, 6.45) is 5.13. The van der Waals surface area contributed by atoms with Gasteiger partial charge < -0.3 is 21.4 Å². The van der Waals surface area contributed by atoms with Gasteiger partial charge in [0.25, 0.3) is 0 Å². The van der Waals surface area contributed by atoms with Crippen LogP contribution in [0.2, 0.25) is 0 Å². The standard InChI is InChI=1S/C12H25N3O2/c1-11(2,10(13)15-17)5-4-8-14-12(9-16)6-3-7-12/h14,16-17H,3-9H2,1-2H3,(H2,13,15). The summed E-state index contributed by atoms with van der Waals surface area (Å²) in [5.74, 6) is 0.276. The molecule has 0 aromatic carbocycles. The van der Waals surface area contributed by atoms with E-state index in [1.54, 1.807) is 0 Å². The highest BCUT2D eigenvalue weighted by Gasteiger charge is 2.35. The molecule has 0 aromatic rings. The Hall–Kier alpha value is -0.810. The summed E-state index contributed by atoms with van der Waals surface area (Å²) in [6, 6.07) is 0. The number of hydrogen-bond donors (Lipinski definition) is 4. The molecule has 0 atom stereocenters. The molecule has 0 radical (unpaired) electrons. The molecule has 0 heterocycles. The van der Waals surface area contributed by atoms with Crippen LogP contribution in [0.5, 0.6) is 0 Å². The third kappa shape index (κ3) is 3.57. The second kappa shape index (κ2) is 5.69. The van der Waals surface area contributed by atoms with Gasteiger partial charge in [0.2, 0.25) is 0 Å². The van der Waals surface area contributed by atoms with Crippen molar-refractivity contribution in [2.24, 2.45) is 16.3 Å². The summed E-state index contributed by atoms with van der Waals surface area (Å²) >= 11 is 0. The predicted octanol–water partition coefficient (Wildman–Crippen LogP) is 1.04. The van der Waals surface area contributed by atoms with Gasteiger partial charge >= 0.3 is 0 Å². The molecule has 17 heavy (non-hydrogen) atoms. The summed E-state index contributed by atoms with van der Waals surface area (Å²) in [4.78, 5) is 0. The Kier molecular flexibility index (Phi) is 4.77. The van der Waals surface area contributed by atoms with E-state index in [9.17, 15) is 5.11 Å². The molecule has 0 aliphatic heterocycles. The van der Waals surface area contributed by atoms with Crippen molar-refractivity contribution >= 4 is 5.84 Å². The van der Waals surface area contributed by atoms with Gasteiger partial charge in [-0.25, -0.2) is 0 Å². The summed E-state index contributed by atoms with van der Waals surface area (Å²) in [5, 5.41) is 24.4. The highest BCUT2D eigenvalue weighted by atomic mass is 16.4. The van der Waals surface area contributed by atoms with Crippen molar-refractivity contribution in [3.63, 3.8) is 0 Å². The molecule has 1 saturated carbocycles. The highest BCUT2D eigenvalue weighted by Crippen LogP contribution is 2.31. The molecule has 100 valence electrons. The van der Waals surface area contributed by atoms with Crippen molar-refractivity contribution < 1.29 is 10.3 Å². The van der Waals surface area contributed by atoms with E-state index in [1.807, 2.05) is 13.8 Å². The lowest BCUT2D eigenvalue weighted by molar-refractivity contribution is 0.0881. The Morgan fingerprint density at radius 3 is 2.53 bits per heavy atom. The third-order valence-electron chi connectivity index (χ3n) is 3.89. The second-order valence-corrected chi connectivity index (χ2v) is 5.69. The van der Waals surface area contributed by atoms with E-state index in [-0.39, 0.29) is 23.4 Å². The Labute approximate surface area is 103 Å². The largest absolute Gasteiger partial charge is 0.409 e. The number of aliphatic hydroxyl groups is 1. The van der Waals surface area contributed by atoms with E-state index < -0.39 is 0 Å². The van der Waals surface area contributed by atoms with Gasteiger partial charge in [-0.3, -0.25) is 0 Å². The number of amidine groups is 1. The number of oxime groups is 1. The fraction of sp³-hybridized carbons (Fsp3) is 0.917. The molecule has 1 fully saturated rings. The predicted molar refractivity (Wildman–Crippen MR) is 68.1 cm³/mol. The third-order valence-corrected chi connectivity index (χ3v) is 3.89. The zero-order valence-electron chi connectivity index (χ0n) is 10.9. The molecule has 0 unspecified atom stereocenters. The van der Waals surface area contributed by atoms with Crippen LogP contribution in [-0.2, 0) is 0 Å².